The van der Waals surface area contributed by atoms with E-state index in [1.165, 1.54) is 17.3 Å². The van der Waals surface area contributed by atoms with Crippen molar-refractivity contribution in [2.75, 3.05) is 18.8 Å². The minimum atomic E-state index is 0.145. The van der Waals surface area contributed by atoms with E-state index in [0.717, 1.165) is 48.1 Å². The predicted octanol–water partition coefficient (Wildman–Crippen LogP) is 4.19. The average Bonchev–Trinajstić information content (AvgIpc) is 3.25. The lowest BCUT2D eigenvalue weighted by molar-refractivity contribution is -0.129. The van der Waals surface area contributed by atoms with Crippen molar-refractivity contribution in [3.63, 3.8) is 0 Å². The highest BCUT2D eigenvalue weighted by molar-refractivity contribution is 7.99. The van der Waals surface area contributed by atoms with Gasteiger partial charge in [-0.25, -0.2) is 0 Å². The molecule has 0 aliphatic carbocycles. The molecule has 3 aromatic rings. The zero-order valence-electron chi connectivity index (χ0n) is 15.9. The zero-order valence-corrected chi connectivity index (χ0v) is 16.7. The van der Waals surface area contributed by atoms with Crippen molar-refractivity contribution in [2.45, 2.75) is 38.8 Å². The molecule has 3 heterocycles. The summed E-state index contributed by atoms with van der Waals surface area (Å²) in [6.07, 6.45) is 2.17. The zero-order chi connectivity index (χ0) is 19.0. The van der Waals surface area contributed by atoms with Gasteiger partial charge in [0.05, 0.1) is 5.75 Å². The number of aryl methyl sites for hydroxylation is 2. The fourth-order valence-electron chi connectivity index (χ4n) is 3.45. The molecule has 1 fully saturated rings. The second-order valence-electron chi connectivity index (χ2n) is 7.36. The van der Waals surface area contributed by atoms with Gasteiger partial charge in [0.15, 0.2) is 0 Å². The Labute approximate surface area is 162 Å². The number of fused-ring (bicyclic) bond motifs is 1. The molecule has 1 N–H and O–H groups in total. The van der Waals surface area contributed by atoms with Gasteiger partial charge in [-0.15, -0.1) is 10.2 Å². The van der Waals surface area contributed by atoms with Crippen molar-refractivity contribution in [2.24, 2.45) is 5.92 Å². The molecule has 1 saturated heterocycles. The molecule has 0 spiro atoms. The summed E-state index contributed by atoms with van der Waals surface area (Å²) in [6, 6.07) is 6.07. The van der Waals surface area contributed by atoms with Crippen LogP contribution in [0.25, 0.3) is 22.4 Å². The van der Waals surface area contributed by atoms with E-state index in [1.54, 1.807) is 0 Å². The molecule has 1 amide bonds. The Hall–Kier alpha value is -2.28. The molecule has 0 saturated carbocycles. The molecule has 0 radical (unpaired) electrons. The maximum Gasteiger partial charge on any atom is 0.277 e. The van der Waals surface area contributed by atoms with E-state index in [2.05, 4.69) is 42.0 Å². The lowest BCUT2D eigenvalue weighted by atomic mass is 9.99. The van der Waals surface area contributed by atoms with E-state index in [0.29, 0.717) is 22.8 Å². The Morgan fingerprint density at radius 2 is 2.07 bits per heavy atom. The summed E-state index contributed by atoms with van der Waals surface area (Å²) < 4.78 is 5.78. The molecule has 0 unspecified atom stereocenters. The molecule has 1 aromatic carbocycles. The molecule has 0 bridgehead atoms. The van der Waals surface area contributed by atoms with Gasteiger partial charge in [-0.1, -0.05) is 18.7 Å². The Bertz CT molecular complexity index is 970. The summed E-state index contributed by atoms with van der Waals surface area (Å²) in [4.78, 5) is 17.7. The van der Waals surface area contributed by atoms with Crippen LogP contribution in [0.15, 0.2) is 27.8 Å². The second-order valence-corrected chi connectivity index (χ2v) is 8.29. The number of nitrogens with zero attached hydrogens (tertiary/aromatic N) is 3. The third kappa shape index (κ3) is 3.74. The third-order valence-electron chi connectivity index (χ3n) is 5.42. The molecule has 7 heteroatoms. The van der Waals surface area contributed by atoms with Gasteiger partial charge in [-0.3, -0.25) is 4.79 Å². The first kappa shape index (κ1) is 18.1. The Morgan fingerprint density at radius 3 is 2.85 bits per heavy atom. The van der Waals surface area contributed by atoms with Crippen LogP contribution in [-0.4, -0.2) is 44.8 Å². The van der Waals surface area contributed by atoms with Crippen LogP contribution in [0.3, 0.4) is 0 Å². The molecule has 142 valence electrons. The molecule has 4 rings (SSSR count). The van der Waals surface area contributed by atoms with Crippen LogP contribution in [0.2, 0.25) is 0 Å². The molecular weight excluding hydrogens is 360 g/mol. The quantitative estimate of drug-likeness (QED) is 0.683. The number of nitrogens with one attached hydrogen (secondary N) is 1. The molecule has 6 nitrogen and oxygen atoms in total. The number of aromatic amines is 1. The van der Waals surface area contributed by atoms with Crippen LogP contribution < -0.4 is 0 Å². The van der Waals surface area contributed by atoms with Gasteiger partial charge in [0, 0.05) is 35.2 Å². The van der Waals surface area contributed by atoms with Gasteiger partial charge in [-0.2, -0.15) is 0 Å². The van der Waals surface area contributed by atoms with Crippen molar-refractivity contribution in [3.8, 4) is 11.5 Å². The number of hydrogen-bond donors (Lipinski definition) is 1. The first-order valence-corrected chi connectivity index (χ1v) is 10.3. The Kier molecular flexibility index (Phi) is 4.95. The van der Waals surface area contributed by atoms with Crippen molar-refractivity contribution in [1.29, 1.82) is 0 Å². The summed E-state index contributed by atoms with van der Waals surface area (Å²) in [7, 11) is 0. The van der Waals surface area contributed by atoms with E-state index < -0.39 is 0 Å². The van der Waals surface area contributed by atoms with Gasteiger partial charge in [0.25, 0.3) is 5.22 Å². The topological polar surface area (TPSA) is 75.0 Å². The summed E-state index contributed by atoms with van der Waals surface area (Å²) in [5.41, 5.74) is 4.38. The number of benzene rings is 1. The molecule has 1 aliphatic rings. The lowest BCUT2D eigenvalue weighted by Crippen LogP contribution is -2.38. The second kappa shape index (κ2) is 7.38. The Balaban J connectivity index is 1.43. The number of likely N-dealkylation sites (tertiary alicyclic amines) is 1. The standard InChI is InChI=1S/C20H24N4O2S/c1-12-6-8-24(9-7-12)18(25)11-27-20-23-22-19(26-20)15-4-5-17-16(10-15)13(2)14(3)21-17/h4-5,10,12,21H,6-9,11H2,1-3H3. The number of rotatable bonds is 4. The summed E-state index contributed by atoms with van der Waals surface area (Å²) >= 11 is 1.31. The number of amides is 1. The number of hydrogen-bond acceptors (Lipinski definition) is 5. The molecule has 1 aliphatic heterocycles. The molecular formula is C20H24N4O2S. The van der Waals surface area contributed by atoms with Crippen molar-refractivity contribution >= 4 is 28.6 Å². The predicted molar refractivity (Wildman–Crippen MR) is 107 cm³/mol. The van der Waals surface area contributed by atoms with Crippen molar-refractivity contribution in [1.82, 2.24) is 20.1 Å². The lowest BCUT2D eigenvalue weighted by Gasteiger charge is -2.30. The highest BCUT2D eigenvalue weighted by Crippen LogP contribution is 2.29. The smallest absolute Gasteiger partial charge is 0.277 e. The normalized spacial score (nSPS) is 15.6. The summed E-state index contributed by atoms with van der Waals surface area (Å²) in [5, 5.41) is 9.85. The fourth-order valence-corrected chi connectivity index (χ4v) is 4.12. The van der Waals surface area contributed by atoms with Crippen LogP contribution in [0.1, 0.15) is 31.0 Å². The first-order chi connectivity index (χ1) is 13.0. The number of piperidine rings is 1. The number of aromatic nitrogens is 3. The van der Waals surface area contributed by atoms with Crippen LogP contribution in [0.5, 0.6) is 0 Å². The average molecular weight is 385 g/mol. The van der Waals surface area contributed by atoms with Crippen LogP contribution in [0.4, 0.5) is 0 Å². The van der Waals surface area contributed by atoms with Gasteiger partial charge in [0.2, 0.25) is 11.8 Å². The highest BCUT2D eigenvalue weighted by atomic mass is 32.2. The Morgan fingerprint density at radius 1 is 1.30 bits per heavy atom. The first-order valence-electron chi connectivity index (χ1n) is 9.34. The number of carbonyl (C=O) groups excluding carboxylic acids is 1. The van der Waals surface area contributed by atoms with E-state index in [-0.39, 0.29) is 5.91 Å². The number of thioether (sulfide) groups is 1. The fraction of sp³-hybridized carbons (Fsp3) is 0.450. The van der Waals surface area contributed by atoms with Crippen molar-refractivity contribution < 1.29 is 9.21 Å². The van der Waals surface area contributed by atoms with Crippen LogP contribution in [0, 0.1) is 19.8 Å². The van der Waals surface area contributed by atoms with Gasteiger partial charge < -0.3 is 14.3 Å². The molecule has 27 heavy (non-hydrogen) atoms. The number of carbonyl (C=O) groups is 1. The monoisotopic (exact) mass is 384 g/mol. The highest BCUT2D eigenvalue weighted by Gasteiger charge is 2.21. The maximum atomic E-state index is 12.4. The van der Waals surface area contributed by atoms with Gasteiger partial charge in [-0.05, 0) is 56.4 Å². The van der Waals surface area contributed by atoms with Crippen molar-refractivity contribution in [3.05, 3.63) is 29.5 Å². The van der Waals surface area contributed by atoms with E-state index >= 15 is 0 Å². The SMILES string of the molecule is Cc1[nH]c2ccc(-c3nnc(SCC(=O)N4CCC(C)CC4)o3)cc2c1C. The number of H-pyrrole nitrogens is 1. The largest absolute Gasteiger partial charge is 0.411 e. The van der Waals surface area contributed by atoms with Crippen LogP contribution in [-0.2, 0) is 4.79 Å². The third-order valence-corrected chi connectivity index (χ3v) is 6.22. The van der Waals surface area contributed by atoms with Crippen LogP contribution >= 0.6 is 11.8 Å². The summed E-state index contributed by atoms with van der Waals surface area (Å²) in [6.45, 7) is 8.11. The van der Waals surface area contributed by atoms with E-state index in [1.807, 2.05) is 17.0 Å². The van der Waals surface area contributed by atoms with Gasteiger partial charge in [0.1, 0.15) is 0 Å². The summed E-state index contributed by atoms with van der Waals surface area (Å²) in [5.74, 6) is 1.68. The van der Waals surface area contributed by atoms with E-state index in [9.17, 15) is 4.79 Å². The molecule has 2 aromatic heterocycles. The minimum absolute atomic E-state index is 0.145. The maximum absolute atomic E-state index is 12.4. The van der Waals surface area contributed by atoms with Gasteiger partial charge >= 0.3 is 0 Å². The van der Waals surface area contributed by atoms with E-state index in [4.69, 9.17) is 4.42 Å². The minimum Gasteiger partial charge on any atom is -0.411 e. The molecule has 0 atom stereocenters.